The maximum atomic E-state index is 8.84. The molecule has 0 atom stereocenters. The molecule has 1 aromatic carbocycles. The molecule has 0 spiro atoms. The Bertz CT molecular complexity index is 404. The lowest BCUT2D eigenvalue weighted by molar-refractivity contribution is 0.277. The van der Waals surface area contributed by atoms with Crippen molar-refractivity contribution >= 4 is 0 Å². The summed E-state index contributed by atoms with van der Waals surface area (Å²) in [6.07, 6.45) is 3.88. The largest absolute Gasteiger partial charge is 0.295 e. The normalized spacial score (nSPS) is 14.8. The maximum absolute atomic E-state index is 8.84. The number of hydrogen-bond acceptors (Lipinski definition) is 2. The molecule has 2 heteroatoms. The van der Waals surface area contributed by atoms with E-state index >= 15 is 0 Å². The van der Waals surface area contributed by atoms with Gasteiger partial charge in [0.05, 0.1) is 11.6 Å². The smallest absolute Gasteiger partial charge is 0.0991 e. The first-order valence-electron chi connectivity index (χ1n) is 6.07. The molecule has 0 N–H and O–H groups in total. The molecule has 0 bridgehead atoms. The van der Waals surface area contributed by atoms with Crippen LogP contribution in [0.2, 0.25) is 0 Å². The van der Waals surface area contributed by atoms with E-state index in [0.717, 1.165) is 18.7 Å². The highest BCUT2D eigenvalue weighted by molar-refractivity contribution is 5.39. The van der Waals surface area contributed by atoms with Crippen molar-refractivity contribution in [1.29, 1.82) is 5.26 Å². The van der Waals surface area contributed by atoms with Crippen molar-refractivity contribution in [3.63, 3.8) is 0 Å². The van der Waals surface area contributed by atoms with Gasteiger partial charge in [-0.2, -0.15) is 5.26 Å². The molecule has 1 aliphatic rings. The number of benzene rings is 1. The van der Waals surface area contributed by atoms with Crippen LogP contribution >= 0.6 is 0 Å². The molecule has 0 aliphatic carbocycles. The molecule has 1 aromatic rings. The Morgan fingerprint density at radius 3 is 2.81 bits per heavy atom. The van der Waals surface area contributed by atoms with Gasteiger partial charge in [0.25, 0.3) is 0 Å². The van der Waals surface area contributed by atoms with Crippen LogP contribution in [0.4, 0.5) is 0 Å². The van der Waals surface area contributed by atoms with Crippen molar-refractivity contribution in [3.8, 4) is 6.07 Å². The zero-order valence-corrected chi connectivity index (χ0v) is 9.87. The third kappa shape index (κ3) is 2.43. The lowest BCUT2D eigenvalue weighted by atomic mass is 10.1. The fourth-order valence-corrected chi connectivity index (χ4v) is 2.28. The molecule has 0 fully saturated rings. The van der Waals surface area contributed by atoms with Crippen LogP contribution in [0.15, 0.2) is 18.2 Å². The van der Waals surface area contributed by atoms with Crippen LogP contribution < -0.4 is 0 Å². The highest BCUT2D eigenvalue weighted by Crippen LogP contribution is 2.23. The van der Waals surface area contributed by atoms with Crippen molar-refractivity contribution in [1.82, 2.24) is 4.90 Å². The Balaban J connectivity index is 1.96. The van der Waals surface area contributed by atoms with E-state index in [0.29, 0.717) is 0 Å². The number of unbranched alkanes of at least 4 members (excludes halogenated alkanes) is 2. The molecule has 84 valence electrons. The van der Waals surface area contributed by atoms with Gasteiger partial charge in [-0.15, -0.1) is 0 Å². The zero-order chi connectivity index (χ0) is 11.4. The van der Waals surface area contributed by atoms with Crippen LogP contribution in [0, 0.1) is 11.3 Å². The van der Waals surface area contributed by atoms with Gasteiger partial charge in [0.1, 0.15) is 0 Å². The number of rotatable bonds is 4. The lowest BCUT2D eigenvalue weighted by Crippen LogP contribution is -2.17. The molecule has 0 amide bonds. The Morgan fingerprint density at radius 1 is 1.25 bits per heavy atom. The first kappa shape index (κ1) is 11.2. The van der Waals surface area contributed by atoms with Crippen LogP contribution in [0.3, 0.4) is 0 Å². The predicted molar refractivity (Wildman–Crippen MR) is 64.8 cm³/mol. The Kier molecular flexibility index (Phi) is 3.58. The average molecular weight is 214 g/mol. The Labute approximate surface area is 97.5 Å². The molecule has 0 aromatic heterocycles. The first-order chi connectivity index (χ1) is 7.83. The van der Waals surface area contributed by atoms with E-state index in [1.54, 1.807) is 0 Å². The molecule has 16 heavy (non-hydrogen) atoms. The van der Waals surface area contributed by atoms with Crippen LogP contribution in [0.1, 0.15) is 42.9 Å². The number of hydrogen-bond donors (Lipinski definition) is 0. The number of fused-ring (bicyclic) bond motifs is 1. The van der Waals surface area contributed by atoms with E-state index in [2.05, 4.69) is 24.0 Å². The van der Waals surface area contributed by atoms with Crippen molar-refractivity contribution < 1.29 is 0 Å². The van der Waals surface area contributed by atoms with Crippen LogP contribution in [0.5, 0.6) is 0 Å². The van der Waals surface area contributed by atoms with Crippen LogP contribution in [0.25, 0.3) is 0 Å². The molecular formula is C14H18N2. The molecule has 1 heterocycles. The van der Waals surface area contributed by atoms with Crippen molar-refractivity contribution in [2.45, 2.75) is 39.3 Å². The topological polar surface area (TPSA) is 27.0 Å². The molecule has 0 saturated heterocycles. The van der Waals surface area contributed by atoms with Crippen LogP contribution in [-0.2, 0) is 13.1 Å². The third-order valence-corrected chi connectivity index (χ3v) is 3.20. The minimum atomic E-state index is 0.786. The van der Waals surface area contributed by atoms with Gasteiger partial charge in [-0.1, -0.05) is 25.8 Å². The summed E-state index contributed by atoms with van der Waals surface area (Å²) in [5, 5.41) is 8.84. The van der Waals surface area contributed by atoms with Crippen molar-refractivity contribution in [2.75, 3.05) is 6.54 Å². The van der Waals surface area contributed by atoms with Gasteiger partial charge < -0.3 is 0 Å². The van der Waals surface area contributed by atoms with Gasteiger partial charge in [0, 0.05) is 13.1 Å². The van der Waals surface area contributed by atoms with Gasteiger partial charge in [0.15, 0.2) is 0 Å². The summed E-state index contributed by atoms with van der Waals surface area (Å²) in [7, 11) is 0. The van der Waals surface area contributed by atoms with Gasteiger partial charge in [0.2, 0.25) is 0 Å². The van der Waals surface area contributed by atoms with Gasteiger partial charge in [-0.3, -0.25) is 4.90 Å². The minimum absolute atomic E-state index is 0.786. The van der Waals surface area contributed by atoms with Gasteiger partial charge >= 0.3 is 0 Å². The van der Waals surface area contributed by atoms with Crippen LogP contribution in [-0.4, -0.2) is 11.4 Å². The van der Waals surface area contributed by atoms with Gasteiger partial charge in [-0.05, 0) is 36.2 Å². The second kappa shape index (κ2) is 5.14. The van der Waals surface area contributed by atoms with E-state index in [-0.39, 0.29) is 0 Å². The summed E-state index contributed by atoms with van der Waals surface area (Å²) in [5.74, 6) is 0. The molecular weight excluding hydrogens is 196 g/mol. The van der Waals surface area contributed by atoms with E-state index in [1.807, 2.05) is 12.1 Å². The summed E-state index contributed by atoms with van der Waals surface area (Å²) in [6, 6.07) is 8.27. The SMILES string of the molecule is CCCCCN1Cc2ccc(C#N)cc2C1. The van der Waals surface area contributed by atoms with Crippen molar-refractivity contribution in [3.05, 3.63) is 34.9 Å². The fourth-order valence-electron chi connectivity index (χ4n) is 2.28. The zero-order valence-electron chi connectivity index (χ0n) is 9.87. The van der Waals surface area contributed by atoms with E-state index in [9.17, 15) is 0 Å². The fraction of sp³-hybridized carbons (Fsp3) is 0.500. The molecule has 0 radical (unpaired) electrons. The third-order valence-electron chi connectivity index (χ3n) is 3.20. The summed E-state index contributed by atoms with van der Waals surface area (Å²) >= 11 is 0. The standard InChI is InChI=1S/C14H18N2/c1-2-3-4-7-16-10-13-6-5-12(9-15)8-14(13)11-16/h5-6,8H,2-4,7,10-11H2,1H3. The number of nitriles is 1. The van der Waals surface area contributed by atoms with E-state index in [4.69, 9.17) is 5.26 Å². The molecule has 0 unspecified atom stereocenters. The quantitative estimate of drug-likeness (QED) is 0.720. The monoisotopic (exact) mass is 214 g/mol. The van der Waals surface area contributed by atoms with E-state index in [1.165, 1.54) is 36.9 Å². The number of nitrogens with zero attached hydrogens (tertiary/aromatic N) is 2. The highest BCUT2D eigenvalue weighted by atomic mass is 15.1. The van der Waals surface area contributed by atoms with Crippen molar-refractivity contribution in [2.24, 2.45) is 0 Å². The average Bonchev–Trinajstić information content (AvgIpc) is 2.70. The lowest BCUT2D eigenvalue weighted by Gasteiger charge is -2.13. The highest BCUT2D eigenvalue weighted by Gasteiger charge is 2.18. The molecule has 2 rings (SSSR count). The second-order valence-electron chi connectivity index (χ2n) is 4.51. The summed E-state index contributed by atoms with van der Waals surface area (Å²) in [4.78, 5) is 2.47. The van der Waals surface area contributed by atoms with E-state index < -0.39 is 0 Å². The molecule has 2 nitrogen and oxygen atoms in total. The maximum Gasteiger partial charge on any atom is 0.0991 e. The summed E-state index contributed by atoms with van der Waals surface area (Å²) in [6.45, 7) is 5.50. The molecule has 0 saturated carbocycles. The summed E-state index contributed by atoms with van der Waals surface area (Å²) < 4.78 is 0. The second-order valence-corrected chi connectivity index (χ2v) is 4.51. The Morgan fingerprint density at radius 2 is 2.06 bits per heavy atom. The first-order valence-corrected chi connectivity index (χ1v) is 6.07. The minimum Gasteiger partial charge on any atom is -0.295 e. The van der Waals surface area contributed by atoms with Gasteiger partial charge in [-0.25, -0.2) is 0 Å². The Hall–Kier alpha value is -1.33. The predicted octanol–water partition coefficient (Wildman–Crippen LogP) is 3.06. The summed E-state index contributed by atoms with van der Waals surface area (Å²) in [5.41, 5.74) is 3.53. The molecule has 1 aliphatic heterocycles.